The monoisotopic (exact) mass is 361 g/mol. The number of hydrogen-bond acceptors (Lipinski definition) is 2. The van der Waals surface area contributed by atoms with Crippen molar-refractivity contribution in [2.24, 2.45) is 0 Å². The Bertz CT molecular complexity index is 913. The second kappa shape index (κ2) is 4.72. The van der Waals surface area contributed by atoms with Gasteiger partial charge in [-0.05, 0) is 41.1 Å². The average Bonchev–Trinajstić information content (AvgIpc) is 3.11. The first kappa shape index (κ1) is 12.6. The minimum absolute atomic E-state index is 1.01. The molecule has 0 unspecified atom stereocenters. The second-order valence-electron chi connectivity index (χ2n) is 4.72. The summed E-state index contributed by atoms with van der Waals surface area (Å²) in [5.74, 6) is 0. The van der Waals surface area contributed by atoms with E-state index in [0.29, 0.717) is 0 Å². The Morgan fingerprint density at radius 3 is 2.70 bits per heavy atom. The normalized spacial score (nSPS) is 11.7. The highest BCUT2D eigenvalue weighted by molar-refractivity contribution is 9.10. The van der Waals surface area contributed by atoms with Crippen LogP contribution in [0, 0.1) is 0 Å². The van der Waals surface area contributed by atoms with Crippen LogP contribution >= 0.6 is 38.6 Å². The molecule has 3 aromatic heterocycles. The minimum Gasteiger partial charge on any atom is -0.332 e. The van der Waals surface area contributed by atoms with Crippen molar-refractivity contribution in [3.63, 3.8) is 0 Å². The van der Waals surface area contributed by atoms with Crippen molar-refractivity contribution in [1.29, 1.82) is 0 Å². The topological polar surface area (TPSA) is 4.93 Å². The molecular formula is C16H12BrNS2. The molecule has 20 heavy (non-hydrogen) atoms. The van der Waals surface area contributed by atoms with E-state index in [9.17, 15) is 0 Å². The highest BCUT2D eigenvalue weighted by atomic mass is 79.9. The fourth-order valence-corrected chi connectivity index (χ4v) is 5.47. The van der Waals surface area contributed by atoms with Crippen LogP contribution in [0.5, 0.6) is 0 Å². The number of fused-ring (bicyclic) bond motifs is 3. The van der Waals surface area contributed by atoms with Gasteiger partial charge in [0.05, 0.1) is 0 Å². The molecule has 0 aliphatic heterocycles. The molecule has 0 saturated carbocycles. The number of para-hydroxylation sites is 1. The Hall–Kier alpha value is -1.10. The summed E-state index contributed by atoms with van der Waals surface area (Å²) in [6.45, 7) is 3.23. The number of benzene rings is 1. The van der Waals surface area contributed by atoms with Gasteiger partial charge in [-0.25, -0.2) is 0 Å². The van der Waals surface area contributed by atoms with Crippen molar-refractivity contribution in [3.8, 4) is 9.75 Å². The lowest BCUT2D eigenvalue weighted by Crippen LogP contribution is -1.90. The first-order valence-electron chi connectivity index (χ1n) is 6.53. The van der Waals surface area contributed by atoms with Gasteiger partial charge in [-0.3, -0.25) is 0 Å². The van der Waals surface area contributed by atoms with Crippen LogP contribution < -0.4 is 0 Å². The van der Waals surface area contributed by atoms with Gasteiger partial charge in [-0.1, -0.05) is 18.2 Å². The summed E-state index contributed by atoms with van der Waals surface area (Å²) in [6.07, 6.45) is 0. The summed E-state index contributed by atoms with van der Waals surface area (Å²) < 4.78 is 3.58. The summed E-state index contributed by atoms with van der Waals surface area (Å²) >= 11 is 7.23. The van der Waals surface area contributed by atoms with Crippen LogP contribution in [0.15, 0.2) is 46.3 Å². The first-order valence-corrected chi connectivity index (χ1v) is 9.02. The van der Waals surface area contributed by atoms with E-state index in [0.717, 1.165) is 6.54 Å². The smallest absolute Gasteiger partial charge is 0.104 e. The zero-order valence-electron chi connectivity index (χ0n) is 10.9. The lowest BCUT2D eigenvalue weighted by atomic mass is 10.2. The molecule has 0 bridgehead atoms. The van der Waals surface area contributed by atoms with Crippen molar-refractivity contribution in [1.82, 2.24) is 4.57 Å². The number of thiophene rings is 2. The highest BCUT2D eigenvalue weighted by Gasteiger charge is 2.14. The second-order valence-corrected chi connectivity index (χ2v) is 7.58. The van der Waals surface area contributed by atoms with E-state index >= 15 is 0 Å². The number of rotatable bonds is 2. The van der Waals surface area contributed by atoms with Crippen LogP contribution in [0.3, 0.4) is 0 Å². The third-order valence-corrected chi connectivity index (χ3v) is 6.61. The Morgan fingerprint density at radius 2 is 1.95 bits per heavy atom. The Labute approximate surface area is 133 Å². The molecule has 4 heteroatoms. The molecule has 0 saturated heterocycles. The van der Waals surface area contributed by atoms with E-state index in [1.807, 2.05) is 11.3 Å². The Kier molecular flexibility index (Phi) is 2.98. The average molecular weight is 362 g/mol. The van der Waals surface area contributed by atoms with E-state index in [1.165, 1.54) is 35.3 Å². The molecule has 0 aliphatic rings. The molecule has 3 heterocycles. The van der Waals surface area contributed by atoms with Gasteiger partial charge >= 0.3 is 0 Å². The van der Waals surface area contributed by atoms with Gasteiger partial charge in [0.15, 0.2) is 0 Å². The van der Waals surface area contributed by atoms with Crippen LogP contribution in [-0.4, -0.2) is 4.57 Å². The van der Waals surface area contributed by atoms with Crippen LogP contribution in [0.2, 0.25) is 0 Å². The lowest BCUT2D eigenvalue weighted by molar-refractivity contribution is 0.832. The zero-order valence-corrected chi connectivity index (χ0v) is 14.1. The molecule has 0 aliphatic carbocycles. The maximum absolute atomic E-state index is 3.54. The quantitative estimate of drug-likeness (QED) is 0.391. The number of aromatic nitrogens is 1. The molecule has 0 fully saturated rings. The highest BCUT2D eigenvalue weighted by Crippen LogP contribution is 2.41. The van der Waals surface area contributed by atoms with Crippen LogP contribution in [0.25, 0.3) is 30.9 Å². The van der Waals surface area contributed by atoms with E-state index < -0.39 is 0 Å². The zero-order chi connectivity index (χ0) is 13.7. The van der Waals surface area contributed by atoms with E-state index in [2.05, 4.69) is 69.2 Å². The lowest BCUT2D eigenvalue weighted by Gasteiger charge is -2.01. The van der Waals surface area contributed by atoms with E-state index in [1.54, 1.807) is 11.3 Å². The summed E-state index contributed by atoms with van der Waals surface area (Å²) in [7, 11) is 0. The molecule has 0 N–H and O–H groups in total. The summed E-state index contributed by atoms with van der Waals surface area (Å²) in [6, 6.07) is 13.2. The standard InChI is InChI=1S/C16H12BrNS2/c1-2-18-13-6-4-3-5-11(13)12-8-15(20-16(12)18)14-7-10(17)9-19-14/h3-9H,2H2,1H3. The molecule has 1 nitrogen and oxygen atoms in total. The maximum Gasteiger partial charge on any atom is 0.104 e. The molecule has 4 aromatic rings. The van der Waals surface area contributed by atoms with Gasteiger partial charge in [-0.15, -0.1) is 22.7 Å². The molecule has 1 aromatic carbocycles. The number of hydrogen-bond donors (Lipinski definition) is 0. The summed E-state index contributed by atoms with van der Waals surface area (Å²) in [4.78, 5) is 4.08. The summed E-state index contributed by atoms with van der Waals surface area (Å²) in [5.41, 5.74) is 1.34. The van der Waals surface area contributed by atoms with Gasteiger partial charge in [-0.2, -0.15) is 0 Å². The fourth-order valence-electron chi connectivity index (χ4n) is 2.70. The van der Waals surface area contributed by atoms with Gasteiger partial charge in [0.1, 0.15) is 4.83 Å². The number of nitrogens with zero attached hydrogens (tertiary/aromatic N) is 1. The third-order valence-electron chi connectivity index (χ3n) is 3.57. The minimum atomic E-state index is 1.01. The van der Waals surface area contributed by atoms with Crippen molar-refractivity contribution in [3.05, 3.63) is 46.3 Å². The van der Waals surface area contributed by atoms with Crippen LogP contribution in [-0.2, 0) is 6.54 Å². The Balaban J connectivity index is 2.04. The molecule has 0 radical (unpaired) electrons. The molecule has 100 valence electrons. The van der Waals surface area contributed by atoms with Crippen molar-refractivity contribution >= 4 is 59.7 Å². The van der Waals surface area contributed by atoms with Gasteiger partial charge < -0.3 is 4.57 Å². The van der Waals surface area contributed by atoms with Gasteiger partial charge in [0.25, 0.3) is 0 Å². The van der Waals surface area contributed by atoms with Gasteiger partial charge in [0, 0.05) is 42.4 Å². The number of aryl methyl sites for hydroxylation is 1. The Morgan fingerprint density at radius 1 is 1.10 bits per heavy atom. The molecular weight excluding hydrogens is 350 g/mol. The SMILES string of the molecule is CCn1c2ccccc2c2cc(-c3cc(Br)cs3)sc21. The molecule has 0 spiro atoms. The van der Waals surface area contributed by atoms with Crippen molar-refractivity contribution < 1.29 is 0 Å². The molecule has 0 amide bonds. The fraction of sp³-hybridized carbons (Fsp3) is 0.125. The third kappa shape index (κ3) is 1.79. The maximum atomic E-state index is 3.54. The van der Waals surface area contributed by atoms with E-state index in [4.69, 9.17) is 0 Å². The summed E-state index contributed by atoms with van der Waals surface area (Å²) in [5, 5.41) is 4.89. The predicted octanol–water partition coefficient (Wildman–Crippen LogP) is 6.37. The molecule has 0 atom stereocenters. The van der Waals surface area contributed by atoms with Gasteiger partial charge in [0.2, 0.25) is 0 Å². The van der Waals surface area contributed by atoms with Crippen LogP contribution in [0.1, 0.15) is 6.92 Å². The molecule has 4 rings (SSSR count). The first-order chi connectivity index (χ1) is 9.78. The van der Waals surface area contributed by atoms with E-state index in [-0.39, 0.29) is 0 Å². The number of halogens is 1. The predicted molar refractivity (Wildman–Crippen MR) is 94.0 cm³/mol. The largest absolute Gasteiger partial charge is 0.332 e. The van der Waals surface area contributed by atoms with Crippen LogP contribution in [0.4, 0.5) is 0 Å². The van der Waals surface area contributed by atoms with Crippen molar-refractivity contribution in [2.75, 3.05) is 0 Å². The van der Waals surface area contributed by atoms with Crippen molar-refractivity contribution in [2.45, 2.75) is 13.5 Å².